The Balaban J connectivity index is 1.93. The first kappa shape index (κ1) is 12.2. The smallest absolute Gasteiger partial charge is 0.347 e. The van der Waals surface area contributed by atoms with Crippen LogP contribution in [0.4, 0.5) is 0 Å². The van der Waals surface area contributed by atoms with Gasteiger partial charge in [-0.15, -0.1) is 11.3 Å². The summed E-state index contributed by atoms with van der Waals surface area (Å²) in [7, 11) is 0. The summed E-state index contributed by atoms with van der Waals surface area (Å²) in [6.45, 7) is 4.04. The van der Waals surface area contributed by atoms with Crippen molar-refractivity contribution in [2.45, 2.75) is 51.4 Å². The number of aromatic nitrogens is 1. The van der Waals surface area contributed by atoms with Crippen molar-refractivity contribution in [3.05, 3.63) is 15.6 Å². The molecule has 4 heteroatoms. The van der Waals surface area contributed by atoms with Gasteiger partial charge in [0.15, 0.2) is 0 Å². The Morgan fingerprint density at radius 1 is 1.39 bits per heavy atom. The van der Waals surface area contributed by atoms with E-state index in [1.54, 1.807) is 0 Å². The monoisotopic (exact) mass is 265 g/mol. The Bertz CT molecular complexity index is 480. The van der Waals surface area contributed by atoms with E-state index in [-0.39, 0.29) is 5.92 Å². The molecule has 3 rings (SSSR count). The number of nitrogens with zero attached hydrogens (tertiary/aromatic N) is 1. The number of thiazole rings is 1. The van der Waals surface area contributed by atoms with Crippen molar-refractivity contribution >= 4 is 17.3 Å². The number of rotatable bonds is 3. The van der Waals surface area contributed by atoms with Gasteiger partial charge in [-0.1, -0.05) is 20.3 Å². The number of carbonyl (C=O) groups is 1. The molecule has 2 aliphatic rings. The molecule has 1 heterocycles. The van der Waals surface area contributed by atoms with Gasteiger partial charge in [0.2, 0.25) is 0 Å². The van der Waals surface area contributed by atoms with E-state index >= 15 is 0 Å². The van der Waals surface area contributed by atoms with Crippen LogP contribution in [-0.4, -0.2) is 16.1 Å². The molecule has 3 unspecified atom stereocenters. The molecule has 1 aromatic heterocycles. The van der Waals surface area contributed by atoms with E-state index in [2.05, 4.69) is 4.98 Å². The van der Waals surface area contributed by atoms with Crippen LogP contribution in [0, 0.1) is 11.8 Å². The van der Waals surface area contributed by atoms with Gasteiger partial charge in [0.1, 0.15) is 4.88 Å². The fourth-order valence-corrected chi connectivity index (χ4v) is 4.87. The zero-order valence-corrected chi connectivity index (χ0v) is 11.7. The first-order valence-electron chi connectivity index (χ1n) is 6.80. The molecule has 0 amide bonds. The summed E-state index contributed by atoms with van der Waals surface area (Å²) < 4.78 is 0. The van der Waals surface area contributed by atoms with E-state index in [1.807, 2.05) is 13.8 Å². The van der Waals surface area contributed by atoms with Gasteiger partial charge in [-0.3, -0.25) is 0 Å². The van der Waals surface area contributed by atoms with Gasteiger partial charge in [-0.25, -0.2) is 9.78 Å². The van der Waals surface area contributed by atoms with Gasteiger partial charge in [0.05, 0.1) is 10.7 Å². The maximum absolute atomic E-state index is 11.3. The molecule has 18 heavy (non-hydrogen) atoms. The number of hydrogen-bond acceptors (Lipinski definition) is 3. The van der Waals surface area contributed by atoms with Crippen molar-refractivity contribution < 1.29 is 9.90 Å². The predicted octanol–water partition coefficient (Wildman–Crippen LogP) is 3.87. The standard InChI is InChI=1S/C14H19NO2S/c1-7(2)11-12(14(16)17)18-13(15-11)10-6-8-3-4-9(10)5-8/h7-10H,3-6H2,1-2H3,(H,16,17). The highest BCUT2D eigenvalue weighted by Gasteiger charge is 2.42. The zero-order valence-electron chi connectivity index (χ0n) is 10.8. The molecular weight excluding hydrogens is 246 g/mol. The lowest BCUT2D eigenvalue weighted by Gasteiger charge is -2.18. The van der Waals surface area contributed by atoms with Crippen molar-refractivity contribution in [1.29, 1.82) is 0 Å². The van der Waals surface area contributed by atoms with E-state index < -0.39 is 5.97 Å². The average molecular weight is 265 g/mol. The third kappa shape index (κ3) is 1.87. The van der Waals surface area contributed by atoms with Crippen molar-refractivity contribution in [3.8, 4) is 0 Å². The molecule has 0 aromatic carbocycles. The average Bonchev–Trinajstić information content (AvgIpc) is 3.02. The SMILES string of the molecule is CC(C)c1nc(C2CC3CCC2C3)sc1C(=O)O. The Morgan fingerprint density at radius 3 is 2.61 bits per heavy atom. The van der Waals surface area contributed by atoms with Crippen LogP contribution in [0.3, 0.4) is 0 Å². The lowest BCUT2D eigenvalue weighted by molar-refractivity contribution is 0.0700. The summed E-state index contributed by atoms with van der Waals surface area (Å²) in [5.74, 6) is 1.56. The van der Waals surface area contributed by atoms with Crippen LogP contribution in [0.5, 0.6) is 0 Å². The minimum Gasteiger partial charge on any atom is -0.477 e. The van der Waals surface area contributed by atoms with Crippen LogP contribution >= 0.6 is 11.3 Å². The van der Waals surface area contributed by atoms with Crippen LogP contribution in [-0.2, 0) is 0 Å². The number of aromatic carboxylic acids is 1. The molecule has 0 spiro atoms. The highest BCUT2D eigenvalue weighted by Crippen LogP contribution is 2.53. The van der Waals surface area contributed by atoms with E-state index in [0.29, 0.717) is 10.8 Å². The molecule has 2 fully saturated rings. The maximum Gasteiger partial charge on any atom is 0.347 e. The zero-order chi connectivity index (χ0) is 12.9. The molecule has 98 valence electrons. The Labute approximate surface area is 111 Å². The molecule has 2 aliphatic carbocycles. The summed E-state index contributed by atoms with van der Waals surface area (Å²) in [6, 6.07) is 0. The number of carboxylic acid groups (broad SMARTS) is 1. The van der Waals surface area contributed by atoms with E-state index in [9.17, 15) is 9.90 Å². The van der Waals surface area contributed by atoms with Crippen molar-refractivity contribution in [1.82, 2.24) is 4.98 Å². The second-order valence-corrected chi connectivity index (χ2v) is 7.04. The maximum atomic E-state index is 11.3. The Hall–Kier alpha value is -0.900. The van der Waals surface area contributed by atoms with Gasteiger partial charge in [0.25, 0.3) is 0 Å². The van der Waals surface area contributed by atoms with Crippen LogP contribution in [0.25, 0.3) is 0 Å². The van der Waals surface area contributed by atoms with E-state index in [4.69, 9.17) is 0 Å². The quantitative estimate of drug-likeness (QED) is 0.902. The number of hydrogen-bond donors (Lipinski definition) is 1. The summed E-state index contributed by atoms with van der Waals surface area (Å²) in [5, 5.41) is 10.4. The molecule has 2 saturated carbocycles. The van der Waals surface area contributed by atoms with Gasteiger partial charge in [0, 0.05) is 5.92 Å². The van der Waals surface area contributed by atoms with Gasteiger partial charge in [-0.05, 0) is 37.0 Å². The second-order valence-electron chi connectivity index (χ2n) is 6.01. The molecular formula is C14H19NO2S. The molecule has 3 atom stereocenters. The van der Waals surface area contributed by atoms with Gasteiger partial charge < -0.3 is 5.11 Å². The molecule has 1 aromatic rings. The van der Waals surface area contributed by atoms with Crippen LogP contribution < -0.4 is 0 Å². The Kier molecular flexibility index (Phi) is 2.93. The topological polar surface area (TPSA) is 50.2 Å². The highest BCUT2D eigenvalue weighted by atomic mass is 32.1. The normalized spacial score (nSPS) is 30.3. The van der Waals surface area contributed by atoms with E-state index in [0.717, 1.165) is 22.5 Å². The summed E-state index contributed by atoms with van der Waals surface area (Å²) in [6.07, 6.45) is 5.25. The van der Waals surface area contributed by atoms with Gasteiger partial charge in [-0.2, -0.15) is 0 Å². The Morgan fingerprint density at radius 2 is 2.17 bits per heavy atom. The molecule has 0 aliphatic heterocycles. The van der Waals surface area contributed by atoms with Gasteiger partial charge >= 0.3 is 5.97 Å². The summed E-state index contributed by atoms with van der Waals surface area (Å²) >= 11 is 1.42. The summed E-state index contributed by atoms with van der Waals surface area (Å²) in [5.41, 5.74) is 0.783. The van der Waals surface area contributed by atoms with Crippen LogP contribution in [0.1, 0.15) is 71.7 Å². The molecule has 3 nitrogen and oxygen atoms in total. The number of fused-ring (bicyclic) bond motifs is 2. The lowest BCUT2D eigenvalue weighted by Crippen LogP contribution is -2.08. The predicted molar refractivity (Wildman–Crippen MR) is 71.4 cm³/mol. The third-order valence-corrected chi connectivity index (χ3v) is 5.66. The van der Waals surface area contributed by atoms with Crippen LogP contribution in [0.2, 0.25) is 0 Å². The fraction of sp³-hybridized carbons (Fsp3) is 0.714. The van der Waals surface area contributed by atoms with E-state index in [1.165, 1.54) is 37.0 Å². The first-order chi connectivity index (χ1) is 8.56. The highest BCUT2D eigenvalue weighted by molar-refractivity contribution is 7.13. The minimum absolute atomic E-state index is 0.194. The van der Waals surface area contributed by atoms with Crippen LogP contribution in [0.15, 0.2) is 0 Å². The first-order valence-corrected chi connectivity index (χ1v) is 7.61. The fourth-order valence-electron chi connectivity index (χ4n) is 3.60. The summed E-state index contributed by atoms with van der Waals surface area (Å²) in [4.78, 5) is 16.4. The third-order valence-electron chi connectivity index (χ3n) is 4.47. The van der Waals surface area contributed by atoms with Crippen molar-refractivity contribution in [3.63, 3.8) is 0 Å². The second kappa shape index (κ2) is 4.34. The molecule has 1 N–H and O–H groups in total. The lowest BCUT2D eigenvalue weighted by atomic mass is 9.89. The largest absolute Gasteiger partial charge is 0.477 e. The van der Waals surface area contributed by atoms with Crippen molar-refractivity contribution in [2.24, 2.45) is 11.8 Å². The number of carboxylic acids is 1. The van der Waals surface area contributed by atoms with Crippen molar-refractivity contribution in [2.75, 3.05) is 0 Å². The minimum atomic E-state index is -0.814. The molecule has 2 bridgehead atoms. The molecule has 0 saturated heterocycles. The molecule has 0 radical (unpaired) electrons.